The standard InChI is InChI=1S/C18H20BrNO2/c1-2-3-7-14-10-11-17(16(19)12-14)20-18(21)13-22-15-8-5-4-6-9-15/h4-6,8-12H,2-3,7,13H2,1H3,(H,20,21). The van der Waals surface area contributed by atoms with Crippen LogP contribution in [0.15, 0.2) is 53.0 Å². The van der Waals surface area contributed by atoms with Crippen molar-refractivity contribution in [1.82, 2.24) is 0 Å². The third-order valence-electron chi connectivity index (χ3n) is 3.24. The average Bonchev–Trinajstić information content (AvgIpc) is 2.54. The van der Waals surface area contributed by atoms with Crippen molar-refractivity contribution < 1.29 is 9.53 Å². The summed E-state index contributed by atoms with van der Waals surface area (Å²) in [5.74, 6) is 0.512. The highest BCUT2D eigenvalue weighted by molar-refractivity contribution is 9.10. The molecule has 0 aliphatic carbocycles. The molecule has 0 radical (unpaired) electrons. The van der Waals surface area contributed by atoms with Crippen LogP contribution in [0.1, 0.15) is 25.3 Å². The number of benzene rings is 2. The molecular weight excluding hydrogens is 342 g/mol. The molecule has 0 aromatic heterocycles. The molecule has 0 aliphatic heterocycles. The summed E-state index contributed by atoms with van der Waals surface area (Å²) in [6.07, 6.45) is 3.40. The van der Waals surface area contributed by atoms with Gasteiger partial charge in [-0.1, -0.05) is 37.6 Å². The van der Waals surface area contributed by atoms with Gasteiger partial charge in [-0.25, -0.2) is 0 Å². The van der Waals surface area contributed by atoms with Crippen LogP contribution in [-0.4, -0.2) is 12.5 Å². The quantitative estimate of drug-likeness (QED) is 0.768. The van der Waals surface area contributed by atoms with Crippen LogP contribution in [0.5, 0.6) is 5.75 Å². The highest BCUT2D eigenvalue weighted by Crippen LogP contribution is 2.24. The van der Waals surface area contributed by atoms with Gasteiger partial charge in [0.15, 0.2) is 6.61 Å². The molecule has 2 aromatic carbocycles. The van der Waals surface area contributed by atoms with E-state index in [1.54, 1.807) is 0 Å². The number of rotatable bonds is 7. The fraction of sp³-hybridized carbons (Fsp3) is 0.278. The third kappa shape index (κ3) is 5.19. The molecule has 0 atom stereocenters. The summed E-state index contributed by atoms with van der Waals surface area (Å²) in [6, 6.07) is 15.3. The Morgan fingerprint density at radius 1 is 1.18 bits per heavy atom. The summed E-state index contributed by atoms with van der Waals surface area (Å²) in [6.45, 7) is 2.17. The van der Waals surface area contributed by atoms with Gasteiger partial charge < -0.3 is 10.1 Å². The second kappa shape index (κ2) is 8.59. The monoisotopic (exact) mass is 361 g/mol. The minimum atomic E-state index is -0.175. The molecule has 0 saturated heterocycles. The molecule has 22 heavy (non-hydrogen) atoms. The molecular formula is C18H20BrNO2. The molecule has 1 amide bonds. The predicted molar refractivity (Wildman–Crippen MR) is 93.3 cm³/mol. The lowest BCUT2D eigenvalue weighted by atomic mass is 10.1. The van der Waals surface area contributed by atoms with Crippen LogP contribution in [0, 0.1) is 0 Å². The van der Waals surface area contributed by atoms with Crippen molar-refractivity contribution >= 4 is 27.5 Å². The van der Waals surface area contributed by atoms with E-state index in [2.05, 4.69) is 34.2 Å². The number of unbranched alkanes of at least 4 members (excludes halogenated alkanes) is 1. The summed E-state index contributed by atoms with van der Waals surface area (Å²) in [4.78, 5) is 11.9. The van der Waals surface area contributed by atoms with Crippen molar-refractivity contribution in [2.45, 2.75) is 26.2 Å². The van der Waals surface area contributed by atoms with Crippen LogP contribution in [0.2, 0.25) is 0 Å². The lowest BCUT2D eigenvalue weighted by Gasteiger charge is -2.10. The number of carbonyl (C=O) groups excluding carboxylic acids is 1. The summed E-state index contributed by atoms with van der Waals surface area (Å²) in [5.41, 5.74) is 2.04. The van der Waals surface area contributed by atoms with Crippen molar-refractivity contribution in [2.75, 3.05) is 11.9 Å². The van der Waals surface area contributed by atoms with E-state index in [4.69, 9.17) is 4.74 Å². The van der Waals surface area contributed by atoms with Gasteiger partial charge in [0.2, 0.25) is 0 Å². The highest BCUT2D eigenvalue weighted by Gasteiger charge is 2.07. The summed E-state index contributed by atoms with van der Waals surface area (Å²) < 4.78 is 6.33. The van der Waals surface area contributed by atoms with E-state index in [1.165, 1.54) is 18.4 Å². The smallest absolute Gasteiger partial charge is 0.262 e. The first kappa shape index (κ1) is 16.6. The maximum Gasteiger partial charge on any atom is 0.262 e. The zero-order valence-electron chi connectivity index (χ0n) is 12.6. The number of nitrogens with one attached hydrogen (secondary N) is 1. The SMILES string of the molecule is CCCCc1ccc(NC(=O)COc2ccccc2)c(Br)c1. The second-order valence-corrected chi connectivity index (χ2v) is 5.92. The van der Waals surface area contributed by atoms with Crippen LogP contribution < -0.4 is 10.1 Å². The largest absolute Gasteiger partial charge is 0.484 e. The van der Waals surface area contributed by atoms with Gasteiger partial charge >= 0.3 is 0 Å². The first-order valence-corrected chi connectivity index (χ1v) is 8.24. The fourth-order valence-corrected chi connectivity index (χ4v) is 2.57. The summed E-state index contributed by atoms with van der Waals surface area (Å²) in [5, 5.41) is 2.85. The number of halogens is 1. The van der Waals surface area contributed by atoms with Gasteiger partial charge in [-0.2, -0.15) is 0 Å². The van der Waals surface area contributed by atoms with Crippen molar-refractivity contribution in [3.8, 4) is 5.75 Å². The van der Waals surface area contributed by atoms with E-state index in [0.29, 0.717) is 5.75 Å². The number of para-hydroxylation sites is 1. The molecule has 2 rings (SSSR count). The maximum absolute atomic E-state index is 11.9. The number of anilines is 1. The van der Waals surface area contributed by atoms with Crippen LogP contribution in [0.25, 0.3) is 0 Å². The highest BCUT2D eigenvalue weighted by atomic mass is 79.9. The molecule has 0 unspecified atom stereocenters. The molecule has 2 aromatic rings. The topological polar surface area (TPSA) is 38.3 Å². The Morgan fingerprint density at radius 2 is 1.95 bits per heavy atom. The molecule has 0 fully saturated rings. The molecule has 0 aliphatic rings. The van der Waals surface area contributed by atoms with Crippen molar-refractivity contribution in [2.24, 2.45) is 0 Å². The first-order valence-electron chi connectivity index (χ1n) is 7.45. The molecule has 0 heterocycles. The third-order valence-corrected chi connectivity index (χ3v) is 3.90. The van der Waals surface area contributed by atoms with E-state index in [-0.39, 0.29) is 12.5 Å². The normalized spacial score (nSPS) is 10.3. The molecule has 3 nitrogen and oxygen atoms in total. The van der Waals surface area contributed by atoms with Crippen molar-refractivity contribution in [3.05, 3.63) is 58.6 Å². The fourth-order valence-electron chi connectivity index (χ4n) is 2.05. The number of hydrogen-bond donors (Lipinski definition) is 1. The van der Waals surface area contributed by atoms with Crippen molar-refractivity contribution in [1.29, 1.82) is 0 Å². The van der Waals surface area contributed by atoms with Crippen LogP contribution in [-0.2, 0) is 11.2 Å². The molecule has 0 bridgehead atoms. The lowest BCUT2D eigenvalue weighted by molar-refractivity contribution is -0.118. The Kier molecular flexibility index (Phi) is 6.46. The minimum Gasteiger partial charge on any atom is -0.484 e. The Morgan fingerprint density at radius 3 is 2.64 bits per heavy atom. The molecule has 0 spiro atoms. The number of ether oxygens (including phenoxy) is 1. The Hall–Kier alpha value is -1.81. The zero-order chi connectivity index (χ0) is 15.8. The lowest BCUT2D eigenvalue weighted by Crippen LogP contribution is -2.20. The van der Waals surface area contributed by atoms with Gasteiger partial charge in [0.1, 0.15) is 5.75 Å². The zero-order valence-corrected chi connectivity index (χ0v) is 14.2. The second-order valence-electron chi connectivity index (χ2n) is 5.07. The molecule has 1 N–H and O–H groups in total. The Labute approximate surface area is 139 Å². The number of aryl methyl sites for hydroxylation is 1. The Bertz CT molecular complexity index is 614. The summed E-state index contributed by atoms with van der Waals surface area (Å²) in [7, 11) is 0. The van der Waals surface area contributed by atoms with E-state index in [9.17, 15) is 4.79 Å². The minimum absolute atomic E-state index is 0.00591. The van der Waals surface area contributed by atoms with Crippen LogP contribution >= 0.6 is 15.9 Å². The number of amides is 1. The van der Waals surface area contributed by atoms with Gasteiger partial charge in [0.25, 0.3) is 5.91 Å². The van der Waals surface area contributed by atoms with Gasteiger partial charge in [0.05, 0.1) is 5.69 Å². The van der Waals surface area contributed by atoms with Crippen molar-refractivity contribution in [3.63, 3.8) is 0 Å². The summed E-state index contributed by atoms with van der Waals surface area (Å²) >= 11 is 3.51. The van der Waals surface area contributed by atoms with Gasteiger partial charge in [0, 0.05) is 4.47 Å². The number of carbonyl (C=O) groups is 1. The van der Waals surface area contributed by atoms with E-state index < -0.39 is 0 Å². The average molecular weight is 362 g/mol. The molecule has 4 heteroatoms. The van der Waals surface area contributed by atoms with Gasteiger partial charge in [-0.3, -0.25) is 4.79 Å². The van der Waals surface area contributed by atoms with Crippen LogP contribution in [0.4, 0.5) is 5.69 Å². The Balaban J connectivity index is 1.88. The predicted octanol–water partition coefficient (Wildman–Crippen LogP) is 4.81. The van der Waals surface area contributed by atoms with E-state index >= 15 is 0 Å². The molecule has 116 valence electrons. The van der Waals surface area contributed by atoms with Gasteiger partial charge in [-0.15, -0.1) is 0 Å². The van der Waals surface area contributed by atoms with E-state index in [0.717, 1.165) is 16.6 Å². The molecule has 0 saturated carbocycles. The van der Waals surface area contributed by atoms with E-state index in [1.807, 2.05) is 42.5 Å². The maximum atomic E-state index is 11.9. The van der Waals surface area contributed by atoms with Gasteiger partial charge in [-0.05, 0) is 58.6 Å². The number of hydrogen-bond acceptors (Lipinski definition) is 2. The van der Waals surface area contributed by atoms with Crippen LogP contribution in [0.3, 0.4) is 0 Å². The first-order chi connectivity index (χ1) is 10.7.